The van der Waals surface area contributed by atoms with Crippen LogP contribution in [0.25, 0.3) is 0 Å². The normalized spacial score (nSPS) is 11.7. The molecule has 0 aliphatic rings. The molecule has 0 saturated heterocycles. The van der Waals surface area contributed by atoms with Crippen molar-refractivity contribution < 1.29 is 0 Å². The third-order valence-electron chi connectivity index (χ3n) is 3.20. The summed E-state index contributed by atoms with van der Waals surface area (Å²) in [5.41, 5.74) is 2.80. The van der Waals surface area contributed by atoms with Gasteiger partial charge in [0, 0.05) is 31.4 Å². The first-order valence-corrected chi connectivity index (χ1v) is 7.96. The third kappa shape index (κ3) is 5.96. The minimum atomic E-state index is 0.520. The fourth-order valence-corrected chi connectivity index (χ4v) is 2.44. The van der Waals surface area contributed by atoms with Gasteiger partial charge in [-0.3, -0.25) is 0 Å². The molecule has 0 radical (unpaired) electrons. The van der Waals surface area contributed by atoms with Crippen LogP contribution in [-0.4, -0.2) is 19.1 Å². The molecule has 0 aliphatic heterocycles. The van der Waals surface area contributed by atoms with E-state index in [9.17, 15) is 0 Å². The highest BCUT2D eigenvalue weighted by Gasteiger charge is 2.13. The molecule has 0 aliphatic carbocycles. The van der Waals surface area contributed by atoms with E-state index in [1.807, 2.05) is 0 Å². The van der Waals surface area contributed by atoms with E-state index in [4.69, 9.17) is 0 Å². The van der Waals surface area contributed by atoms with E-state index in [2.05, 4.69) is 76.0 Å². The molecule has 1 aromatic carbocycles. The van der Waals surface area contributed by atoms with Crippen LogP contribution < -0.4 is 10.2 Å². The standard InChI is InChI=1S/C18H32N2/c1-14(2)12-20(13-15(3)4)18-10-8-7-9-17(18)11-19-16(5)6/h7-10,14-16,19H,11-13H2,1-6H3. The Bertz CT molecular complexity index is 373. The van der Waals surface area contributed by atoms with Crippen molar-refractivity contribution in [2.24, 2.45) is 11.8 Å². The van der Waals surface area contributed by atoms with Crippen molar-refractivity contribution in [3.05, 3.63) is 29.8 Å². The molecule has 0 heterocycles. The van der Waals surface area contributed by atoms with Crippen LogP contribution in [0.3, 0.4) is 0 Å². The zero-order valence-electron chi connectivity index (χ0n) is 14.1. The van der Waals surface area contributed by atoms with Crippen LogP contribution in [-0.2, 0) is 6.54 Å². The van der Waals surface area contributed by atoms with Crippen molar-refractivity contribution in [1.82, 2.24) is 5.32 Å². The number of nitrogens with zero attached hydrogens (tertiary/aromatic N) is 1. The van der Waals surface area contributed by atoms with Crippen LogP contribution in [0, 0.1) is 11.8 Å². The van der Waals surface area contributed by atoms with E-state index in [0.29, 0.717) is 17.9 Å². The lowest BCUT2D eigenvalue weighted by Crippen LogP contribution is -2.33. The third-order valence-corrected chi connectivity index (χ3v) is 3.20. The maximum absolute atomic E-state index is 3.54. The van der Waals surface area contributed by atoms with Gasteiger partial charge in [-0.1, -0.05) is 59.7 Å². The van der Waals surface area contributed by atoms with Crippen LogP contribution in [0.15, 0.2) is 24.3 Å². The summed E-state index contributed by atoms with van der Waals surface area (Å²) in [5.74, 6) is 1.36. The van der Waals surface area contributed by atoms with Crippen molar-refractivity contribution in [1.29, 1.82) is 0 Å². The SMILES string of the molecule is CC(C)CN(CC(C)C)c1ccccc1CNC(C)C. The summed E-state index contributed by atoms with van der Waals surface area (Å²) in [6.45, 7) is 16.8. The van der Waals surface area contributed by atoms with Gasteiger partial charge >= 0.3 is 0 Å². The summed E-state index contributed by atoms with van der Waals surface area (Å²) in [4.78, 5) is 2.55. The van der Waals surface area contributed by atoms with E-state index >= 15 is 0 Å². The second-order valence-corrected chi connectivity index (χ2v) is 6.86. The Kier molecular flexibility index (Phi) is 7.08. The summed E-state index contributed by atoms with van der Waals surface area (Å²) in [7, 11) is 0. The number of nitrogens with one attached hydrogen (secondary N) is 1. The van der Waals surface area contributed by atoms with Gasteiger partial charge in [-0.2, -0.15) is 0 Å². The van der Waals surface area contributed by atoms with E-state index in [0.717, 1.165) is 19.6 Å². The molecule has 0 amide bonds. The molecule has 1 rings (SSSR count). The number of hydrogen-bond acceptors (Lipinski definition) is 2. The molecule has 0 spiro atoms. The largest absolute Gasteiger partial charge is 0.371 e. The number of rotatable bonds is 8. The molecule has 0 saturated carbocycles. The Morgan fingerprint density at radius 1 is 0.900 bits per heavy atom. The summed E-state index contributed by atoms with van der Waals surface area (Å²) in [6, 6.07) is 9.33. The Balaban J connectivity index is 2.93. The summed E-state index contributed by atoms with van der Waals surface area (Å²) in [6.07, 6.45) is 0. The van der Waals surface area contributed by atoms with E-state index in [1.165, 1.54) is 11.3 Å². The molecule has 0 bridgehead atoms. The highest BCUT2D eigenvalue weighted by atomic mass is 15.1. The van der Waals surface area contributed by atoms with Gasteiger partial charge in [0.25, 0.3) is 0 Å². The van der Waals surface area contributed by atoms with Crippen LogP contribution in [0.2, 0.25) is 0 Å². The average molecular weight is 276 g/mol. The maximum Gasteiger partial charge on any atom is 0.0412 e. The fourth-order valence-electron chi connectivity index (χ4n) is 2.44. The zero-order chi connectivity index (χ0) is 15.1. The second kappa shape index (κ2) is 8.31. The number of benzene rings is 1. The quantitative estimate of drug-likeness (QED) is 0.761. The van der Waals surface area contributed by atoms with Crippen LogP contribution in [0.5, 0.6) is 0 Å². The smallest absolute Gasteiger partial charge is 0.0412 e. The molecule has 1 N–H and O–H groups in total. The van der Waals surface area contributed by atoms with Crippen LogP contribution >= 0.6 is 0 Å². The Hall–Kier alpha value is -1.02. The minimum Gasteiger partial charge on any atom is -0.371 e. The number of hydrogen-bond donors (Lipinski definition) is 1. The maximum atomic E-state index is 3.54. The topological polar surface area (TPSA) is 15.3 Å². The molecule has 2 nitrogen and oxygen atoms in total. The number of para-hydroxylation sites is 1. The molecule has 0 atom stereocenters. The lowest BCUT2D eigenvalue weighted by molar-refractivity contribution is 0.546. The Morgan fingerprint density at radius 2 is 1.45 bits per heavy atom. The van der Waals surface area contributed by atoms with Crippen molar-refractivity contribution in [3.63, 3.8) is 0 Å². The van der Waals surface area contributed by atoms with Gasteiger partial charge in [0.1, 0.15) is 0 Å². The van der Waals surface area contributed by atoms with E-state index in [-0.39, 0.29) is 0 Å². The van der Waals surface area contributed by atoms with Gasteiger partial charge in [0.05, 0.1) is 0 Å². The summed E-state index contributed by atoms with van der Waals surface area (Å²) < 4.78 is 0. The molecule has 2 heteroatoms. The van der Waals surface area contributed by atoms with Crippen molar-refractivity contribution in [2.75, 3.05) is 18.0 Å². The molecule has 1 aromatic rings. The monoisotopic (exact) mass is 276 g/mol. The predicted octanol–water partition coefficient (Wildman–Crippen LogP) is 4.30. The van der Waals surface area contributed by atoms with Crippen molar-refractivity contribution in [2.45, 2.75) is 54.1 Å². The second-order valence-electron chi connectivity index (χ2n) is 6.86. The van der Waals surface area contributed by atoms with Gasteiger partial charge in [-0.25, -0.2) is 0 Å². The van der Waals surface area contributed by atoms with Crippen molar-refractivity contribution >= 4 is 5.69 Å². The Morgan fingerprint density at radius 3 is 1.95 bits per heavy atom. The predicted molar refractivity (Wildman–Crippen MR) is 90.3 cm³/mol. The first-order chi connectivity index (χ1) is 9.40. The van der Waals surface area contributed by atoms with Gasteiger partial charge in [0.2, 0.25) is 0 Å². The van der Waals surface area contributed by atoms with E-state index in [1.54, 1.807) is 0 Å². The molecule has 0 fully saturated rings. The average Bonchev–Trinajstić information content (AvgIpc) is 2.34. The van der Waals surface area contributed by atoms with Gasteiger partial charge in [-0.05, 0) is 23.5 Å². The van der Waals surface area contributed by atoms with Crippen molar-refractivity contribution in [3.8, 4) is 0 Å². The van der Waals surface area contributed by atoms with E-state index < -0.39 is 0 Å². The molecule has 20 heavy (non-hydrogen) atoms. The fraction of sp³-hybridized carbons (Fsp3) is 0.667. The van der Waals surface area contributed by atoms with Crippen LogP contribution in [0.4, 0.5) is 5.69 Å². The molecule has 0 aromatic heterocycles. The molecular formula is C18H32N2. The highest BCUT2D eigenvalue weighted by molar-refractivity contribution is 5.53. The first kappa shape index (κ1) is 17.0. The van der Waals surface area contributed by atoms with Gasteiger partial charge < -0.3 is 10.2 Å². The first-order valence-electron chi connectivity index (χ1n) is 7.96. The molecular weight excluding hydrogens is 244 g/mol. The van der Waals surface area contributed by atoms with Gasteiger partial charge in [-0.15, -0.1) is 0 Å². The highest BCUT2D eigenvalue weighted by Crippen LogP contribution is 2.22. The number of anilines is 1. The summed E-state index contributed by atoms with van der Waals surface area (Å²) in [5, 5.41) is 3.54. The summed E-state index contributed by atoms with van der Waals surface area (Å²) >= 11 is 0. The molecule has 0 unspecified atom stereocenters. The van der Waals surface area contributed by atoms with Crippen LogP contribution in [0.1, 0.15) is 47.1 Å². The zero-order valence-corrected chi connectivity index (χ0v) is 14.1. The minimum absolute atomic E-state index is 0.520. The Labute approximate surface area is 125 Å². The lowest BCUT2D eigenvalue weighted by atomic mass is 10.1. The molecule has 114 valence electrons. The van der Waals surface area contributed by atoms with Gasteiger partial charge in [0.15, 0.2) is 0 Å². The lowest BCUT2D eigenvalue weighted by Gasteiger charge is -2.30.